The number of urea groups is 1. The predicted molar refractivity (Wildman–Crippen MR) is 206 cm³/mol. The van der Waals surface area contributed by atoms with Gasteiger partial charge in [0.05, 0.1) is 30.4 Å². The number of nitrogen functional groups attached to an aromatic ring is 1. The molecule has 286 valence electrons. The number of piperazine rings is 1. The van der Waals surface area contributed by atoms with Gasteiger partial charge in [-0.05, 0) is 67.5 Å². The number of aromatic nitrogens is 1. The Balaban J connectivity index is 1.24. The number of anilines is 1. The van der Waals surface area contributed by atoms with Crippen molar-refractivity contribution in [3.8, 4) is 11.5 Å². The molecule has 2 aliphatic rings. The van der Waals surface area contributed by atoms with Gasteiger partial charge in [0.25, 0.3) is 0 Å². The summed E-state index contributed by atoms with van der Waals surface area (Å²) in [6.07, 6.45) is -0.303. The first-order chi connectivity index (χ1) is 26.0. The van der Waals surface area contributed by atoms with Crippen molar-refractivity contribution in [2.75, 3.05) is 59.7 Å². The molecule has 4 aromatic rings. The lowest BCUT2D eigenvalue weighted by Gasteiger charge is -2.46. The number of rotatable bonds is 14. The number of thiazole rings is 1. The highest BCUT2D eigenvalue weighted by molar-refractivity contribution is 7.22. The first-order valence-electron chi connectivity index (χ1n) is 17.9. The number of amides is 5. The molecule has 54 heavy (non-hydrogen) atoms. The van der Waals surface area contributed by atoms with E-state index in [9.17, 15) is 19.2 Å². The fraction of sp³-hybridized carbons (Fsp3) is 0.395. The highest BCUT2D eigenvalue weighted by atomic mass is 32.1. The van der Waals surface area contributed by atoms with E-state index in [0.717, 1.165) is 32.7 Å². The van der Waals surface area contributed by atoms with E-state index >= 15 is 0 Å². The van der Waals surface area contributed by atoms with Crippen LogP contribution in [-0.4, -0.2) is 120 Å². The predicted octanol–water partition coefficient (Wildman–Crippen LogP) is 3.50. The van der Waals surface area contributed by atoms with Gasteiger partial charge >= 0.3 is 12.1 Å². The van der Waals surface area contributed by atoms with Crippen LogP contribution in [0.25, 0.3) is 10.2 Å². The zero-order valence-electron chi connectivity index (χ0n) is 31.0. The molecule has 0 radical (unpaired) electrons. The van der Waals surface area contributed by atoms with Crippen LogP contribution < -0.4 is 25.8 Å². The lowest BCUT2D eigenvalue weighted by atomic mass is 9.99. The van der Waals surface area contributed by atoms with Crippen LogP contribution in [0, 0.1) is 0 Å². The minimum atomic E-state index is -0.854. The Morgan fingerprint density at radius 1 is 0.981 bits per heavy atom. The molecule has 15 nitrogen and oxygen atoms in total. The second kappa shape index (κ2) is 17.1. The van der Waals surface area contributed by atoms with Gasteiger partial charge in [0, 0.05) is 39.1 Å². The number of hydrazine groups is 1. The van der Waals surface area contributed by atoms with Gasteiger partial charge in [-0.1, -0.05) is 54.7 Å². The summed E-state index contributed by atoms with van der Waals surface area (Å²) in [4.78, 5) is 64.4. The van der Waals surface area contributed by atoms with E-state index in [-0.39, 0.29) is 50.4 Å². The van der Waals surface area contributed by atoms with Gasteiger partial charge in [-0.2, -0.15) is 5.01 Å². The van der Waals surface area contributed by atoms with Crippen LogP contribution in [0.4, 0.5) is 14.7 Å². The minimum absolute atomic E-state index is 0.0633. The van der Waals surface area contributed by atoms with Gasteiger partial charge in [0.2, 0.25) is 11.8 Å². The number of nitrogens with one attached hydrogen (secondary N) is 2. The molecule has 0 aliphatic carbocycles. The molecule has 2 atom stereocenters. The van der Waals surface area contributed by atoms with Crippen molar-refractivity contribution in [1.29, 1.82) is 0 Å². The maximum Gasteiger partial charge on any atom is 0.412 e. The molecular weight excluding hydrogens is 711 g/mol. The SMILES string of the molecule is CCCN(C(=O)NCc1ccc(OC)cc1)N1CC(=O)N2[C@@H](Cc3ccc(OC(=O)NCCN(C)C)cc3)C(=O)N(Cc3cccc4sc(N)nc34)C[C@@H]21. The second-order valence-electron chi connectivity index (χ2n) is 13.5. The van der Waals surface area contributed by atoms with Crippen LogP contribution in [0.1, 0.15) is 30.0 Å². The van der Waals surface area contributed by atoms with Crippen molar-refractivity contribution < 1.29 is 28.7 Å². The number of benzene rings is 3. The first kappa shape index (κ1) is 38.3. The van der Waals surface area contributed by atoms with E-state index in [1.807, 2.05) is 68.4 Å². The van der Waals surface area contributed by atoms with Gasteiger partial charge in [-0.25, -0.2) is 14.6 Å². The maximum absolute atomic E-state index is 14.5. The molecule has 0 bridgehead atoms. The Morgan fingerprint density at radius 3 is 2.41 bits per heavy atom. The molecule has 2 saturated heterocycles. The largest absolute Gasteiger partial charge is 0.497 e. The molecule has 3 heterocycles. The van der Waals surface area contributed by atoms with E-state index in [2.05, 4.69) is 15.6 Å². The van der Waals surface area contributed by atoms with E-state index in [0.29, 0.717) is 36.9 Å². The van der Waals surface area contributed by atoms with Crippen LogP contribution in [0.5, 0.6) is 11.5 Å². The summed E-state index contributed by atoms with van der Waals surface area (Å²) >= 11 is 1.38. The third-order valence-corrected chi connectivity index (χ3v) is 10.3. The monoisotopic (exact) mass is 757 g/mol. The lowest BCUT2D eigenvalue weighted by Crippen LogP contribution is -2.66. The summed E-state index contributed by atoms with van der Waals surface area (Å²) < 4.78 is 11.6. The third-order valence-electron chi connectivity index (χ3n) is 9.42. The molecule has 3 aromatic carbocycles. The van der Waals surface area contributed by atoms with Gasteiger partial charge in [-0.15, -0.1) is 0 Å². The summed E-state index contributed by atoms with van der Waals surface area (Å²) in [5.41, 5.74) is 9.30. The van der Waals surface area contributed by atoms with Crippen LogP contribution in [-0.2, 0) is 29.1 Å². The molecule has 5 amide bonds. The molecule has 0 spiro atoms. The topological polar surface area (TPSA) is 166 Å². The Bertz CT molecular complexity index is 1950. The van der Waals surface area contributed by atoms with Crippen molar-refractivity contribution in [2.24, 2.45) is 0 Å². The number of carbonyl (C=O) groups excluding carboxylic acids is 4. The zero-order chi connectivity index (χ0) is 38.4. The smallest absolute Gasteiger partial charge is 0.412 e. The van der Waals surface area contributed by atoms with E-state index < -0.39 is 18.3 Å². The molecule has 2 fully saturated rings. The van der Waals surface area contributed by atoms with Gasteiger partial charge in [0.15, 0.2) is 5.13 Å². The molecular formula is C38H47N9O6S. The third kappa shape index (κ3) is 8.84. The summed E-state index contributed by atoms with van der Waals surface area (Å²) in [5, 5.41) is 9.54. The van der Waals surface area contributed by atoms with E-state index in [4.69, 9.17) is 15.2 Å². The molecule has 0 saturated carbocycles. The fourth-order valence-corrected chi connectivity index (χ4v) is 7.54. The summed E-state index contributed by atoms with van der Waals surface area (Å²) in [5.74, 6) is 0.612. The number of hydrogen-bond donors (Lipinski definition) is 3. The summed E-state index contributed by atoms with van der Waals surface area (Å²) in [6.45, 7) is 4.10. The standard InChI is InChI=1S/C38H47N9O6S/c1-5-18-45(37(50)41-21-26-11-13-28(52-4)14-12-26)46-24-33(48)47-30(20-25-9-15-29(16-10-25)53-38(51)40-17-19-43(2)3)35(49)44(23-32(46)47)22-27-7-6-8-31-34(27)42-36(39)54-31/h6-16,30,32H,5,17-24H2,1-4H3,(H2,39,42)(H,40,51)(H,41,50)/t30-,32+/m0/s1. The highest BCUT2D eigenvalue weighted by Crippen LogP contribution is 2.33. The Labute approximate surface area is 318 Å². The van der Waals surface area contributed by atoms with E-state index in [1.54, 1.807) is 51.2 Å². The molecule has 1 aromatic heterocycles. The summed E-state index contributed by atoms with van der Waals surface area (Å²) in [7, 11) is 5.43. The van der Waals surface area contributed by atoms with Crippen LogP contribution in [0.3, 0.4) is 0 Å². The van der Waals surface area contributed by atoms with Crippen molar-refractivity contribution in [1.82, 2.24) is 40.3 Å². The number of para-hydroxylation sites is 1. The fourth-order valence-electron chi connectivity index (χ4n) is 6.76. The van der Waals surface area contributed by atoms with Gasteiger partial charge < -0.3 is 40.5 Å². The highest BCUT2D eigenvalue weighted by Gasteiger charge is 2.52. The Morgan fingerprint density at radius 2 is 1.70 bits per heavy atom. The molecule has 0 unspecified atom stereocenters. The van der Waals surface area contributed by atoms with Crippen molar-refractivity contribution in [3.05, 3.63) is 83.4 Å². The summed E-state index contributed by atoms with van der Waals surface area (Å²) in [6, 6.07) is 19.0. The van der Waals surface area contributed by atoms with Crippen molar-refractivity contribution in [3.63, 3.8) is 0 Å². The number of nitrogens with zero attached hydrogens (tertiary/aromatic N) is 6. The lowest BCUT2D eigenvalue weighted by molar-refractivity contribution is -0.157. The number of carbonyl (C=O) groups is 4. The van der Waals surface area contributed by atoms with Gasteiger partial charge in [-0.3, -0.25) is 14.6 Å². The maximum atomic E-state index is 14.5. The van der Waals surface area contributed by atoms with Crippen LogP contribution >= 0.6 is 11.3 Å². The molecule has 16 heteroatoms. The van der Waals surface area contributed by atoms with Crippen LogP contribution in [0.2, 0.25) is 0 Å². The minimum Gasteiger partial charge on any atom is -0.497 e. The second-order valence-corrected chi connectivity index (χ2v) is 14.6. The number of methoxy groups -OCH3 is 1. The molecule has 6 rings (SSSR count). The normalized spacial score (nSPS) is 17.2. The Hall–Kier alpha value is -5.45. The van der Waals surface area contributed by atoms with E-state index in [1.165, 1.54) is 11.3 Å². The molecule has 4 N–H and O–H groups in total. The average Bonchev–Trinajstić information content (AvgIpc) is 3.70. The van der Waals surface area contributed by atoms with Crippen LogP contribution in [0.15, 0.2) is 66.7 Å². The quantitative estimate of drug-likeness (QED) is 0.173. The van der Waals surface area contributed by atoms with Crippen molar-refractivity contribution in [2.45, 2.75) is 45.1 Å². The van der Waals surface area contributed by atoms with Gasteiger partial charge in [0.1, 0.15) is 23.7 Å². The molecule has 2 aliphatic heterocycles. The number of likely N-dealkylation sites (N-methyl/N-ethyl adjacent to an activating group) is 1. The number of ether oxygens (including phenoxy) is 2. The Kier molecular flexibility index (Phi) is 12.1. The number of nitrogens with two attached hydrogens (primary N) is 1. The first-order valence-corrected chi connectivity index (χ1v) is 18.7. The zero-order valence-corrected chi connectivity index (χ0v) is 31.8. The average molecular weight is 758 g/mol. The van der Waals surface area contributed by atoms with Crippen molar-refractivity contribution >= 4 is 50.6 Å². The number of fused-ring (bicyclic) bond motifs is 2. The number of hydrogen-bond acceptors (Lipinski definition) is 11.